The zero-order valence-corrected chi connectivity index (χ0v) is 66.2. The highest BCUT2D eigenvalue weighted by molar-refractivity contribution is 6.25. The highest BCUT2D eigenvalue weighted by Gasteiger charge is 2.36. The van der Waals surface area contributed by atoms with Crippen LogP contribution in [0.2, 0.25) is 0 Å². The van der Waals surface area contributed by atoms with Crippen LogP contribution in [0, 0.1) is 0 Å². The lowest BCUT2D eigenvalue weighted by atomic mass is 9.80. The predicted octanol–water partition coefficient (Wildman–Crippen LogP) is 33.2. The molecule has 23 rings (SSSR count). The molecule has 0 N–H and O–H groups in total. The average molecular weight is 1510 g/mol. The van der Waals surface area contributed by atoms with Crippen molar-refractivity contribution in [1.82, 2.24) is 0 Å². The van der Waals surface area contributed by atoms with Gasteiger partial charge in [-0.2, -0.15) is 0 Å². The van der Waals surface area contributed by atoms with Gasteiger partial charge < -0.3 is 0 Å². The number of fused-ring (bicyclic) bond motifs is 11. The summed E-state index contributed by atoms with van der Waals surface area (Å²) >= 11 is 0. The fraction of sp³-hybridized carbons (Fsp3) is 0.0252. The third-order valence-corrected chi connectivity index (χ3v) is 25.3. The Morgan fingerprint density at radius 3 is 0.857 bits per heavy atom. The first kappa shape index (κ1) is 70.5. The zero-order chi connectivity index (χ0) is 79.1. The van der Waals surface area contributed by atoms with E-state index in [1.807, 2.05) is 0 Å². The molecule has 0 heterocycles. The van der Waals surface area contributed by atoms with Crippen molar-refractivity contribution in [3.05, 3.63) is 460 Å². The van der Waals surface area contributed by atoms with Gasteiger partial charge in [0.15, 0.2) is 0 Å². The maximum atomic E-state index is 2.47. The summed E-state index contributed by atoms with van der Waals surface area (Å²) < 4.78 is 0. The first-order chi connectivity index (χ1) is 58.8. The van der Waals surface area contributed by atoms with Crippen molar-refractivity contribution in [3.8, 4) is 134 Å². The molecular formula is C119H80. The third-order valence-electron chi connectivity index (χ3n) is 25.3. The first-order valence-corrected chi connectivity index (χ1v) is 41.5. The van der Waals surface area contributed by atoms with Crippen LogP contribution in [0.15, 0.2) is 449 Å². The Morgan fingerprint density at radius 2 is 0.395 bits per heavy atom. The van der Waals surface area contributed by atoms with Crippen molar-refractivity contribution in [3.63, 3.8) is 0 Å². The van der Waals surface area contributed by atoms with Crippen molar-refractivity contribution < 1.29 is 0 Å². The topological polar surface area (TPSA) is 0 Å². The van der Waals surface area contributed by atoms with Crippen LogP contribution in [0.4, 0.5) is 0 Å². The quantitative estimate of drug-likeness (QED) is 0.113. The Kier molecular flexibility index (Phi) is 17.4. The minimum Gasteiger partial charge on any atom is -0.0622 e. The second-order valence-electron chi connectivity index (χ2n) is 32.4. The molecule has 0 amide bonds. The fourth-order valence-corrected chi connectivity index (χ4v) is 19.6. The largest absolute Gasteiger partial charge is 0.0622 e. The van der Waals surface area contributed by atoms with Gasteiger partial charge in [0, 0.05) is 5.41 Å². The molecule has 0 bridgehead atoms. The van der Waals surface area contributed by atoms with Crippen molar-refractivity contribution in [2.75, 3.05) is 0 Å². The lowest BCUT2D eigenvalue weighted by Gasteiger charge is -2.23. The molecular weight excluding hydrogens is 1430 g/mol. The SMILES string of the molecule is CC1(C)c2ccccc2-c2ccc(-c3c4ccccc4c(-c4ccccc4)c4cc(-c5ccc(-c6cccc7ccccc67)cc5)ccc34)cc21.c1ccc(-c2ccc(-c3c4ccccc4c(-c4ccc(-c5ccccc5)cc4)c4cc(-c5ccc(-c6c7ccccc7c(-c7ccc8ccccc8c7)c7ccccc67)cc5)ccc34)cc2)cc1. The summed E-state index contributed by atoms with van der Waals surface area (Å²) in [6.45, 7) is 4.74. The van der Waals surface area contributed by atoms with E-state index in [1.54, 1.807) is 0 Å². The minimum atomic E-state index is -0.0666. The molecule has 0 aromatic heterocycles. The maximum Gasteiger partial charge on any atom is 0.0159 e. The molecule has 22 aromatic rings. The average Bonchev–Trinajstić information content (AvgIpc) is 1.68. The summed E-state index contributed by atoms with van der Waals surface area (Å²) in [6, 6.07) is 166. The Bertz CT molecular complexity index is 7660. The summed E-state index contributed by atoms with van der Waals surface area (Å²) in [7, 11) is 0. The molecule has 0 saturated heterocycles. The van der Waals surface area contributed by atoms with Gasteiger partial charge in [-0.25, -0.2) is 0 Å². The van der Waals surface area contributed by atoms with Gasteiger partial charge in [0.1, 0.15) is 0 Å². The molecule has 0 nitrogen and oxygen atoms in total. The molecule has 119 heavy (non-hydrogen) atoms. The van der Waals surface area contributed by atoms with E-state index in [1.165, 1.54) is 231 Å². The van der Waals surface area contributed by atoms with Crippen LogP contribution in [0.5, 0.6) is 0 Å². The third kappa shape index (κ3) is 12.3. The van der Waals surface area contributed by atoms with Gasteiger partial charge in [-0.05, 0) is 255 Å². The number of hydrogen-bond acceptors (Lipinski definition) is 0. The molecule has 0 atom stereocenters. The number of benzene rings is 22. The monoisotopic (exact) mass is 1510 g/mol. The van der Waals surface area contributed by atoms with Crippen molar-refractivity contribution in [2.24, 2.45) is 0 Å². The van der Waals surface area contributed by atoms with Gasteiger partial charge in [0.05, 0.1) is 0 Å². The highest BCUT2D eigenvalue weighted by Crippen LogP contribution is 2.54. The van der Waals surface area contributed by atoms with E-state index in [-0.39, 0.29) is 5.41 Å². The molecule has 556 valence electrons. The molecule has 0 radical (unpaired) electrons. The van der Waals surface area contributed by atoms with Gasteiger partial charge in [0.25, 0.3) is 0 Å². The standard InChI is InChI=1S/C68H44.C51H36/c1-3-15-45(16-4-1)48-27-34-52(35-28-48)66-57-21-9-12-24-60(57)67(53-36-29-49(30-37-53)46-17-5-2-6-18-46)64-44-55(41-42-63(64)66)50-31-38-51(39-32-50)65-58-22-10-13-25-61(58)68(62-26-14-11-23-59(62)65)56-40-33-47-19-7-8-20-54(47)43-56;1-51(2)47-22-11-10-18-41(47)42-29-28-38(32-48(42)51)50-44-20-9-8-19-43(44)49(36-14-4-3-5-15-36)46-31-37(27-30-45(46)50)33-23-25-35(26-24-33)40-21-12-16-34-13-6-7-17-39(34)40/h1-44H;3-32H,1-2H3. The van der Waals surface area contributed by atoms with Crippen LogP contribution in [0.1, 0.15) is 25.0 Å². The number of hydrogen-bond donors (Lipinski definition) is 0. The first-order valence-electron chi connectivity index (χ1n) is 41.5. The molecule has 0 unspecified atom stereocenters. The lowest BCUT2D eigenvalue weighted by molar-refractivity contribution is 0.660. The molecule has 0 spiro atoms. The maximum absolute atomic E-state index is 2.47. The van der Waals surface area contributed by atoms with E-state index >= 15 is 0 Å². The normalized spacial score (nSPS) is 12.2. The smallest absolute Gasteiger partial charge is 0.0159 e. The summed E-state index contributed by atoms with van der Waals surface area (Å²) in [5.74, 6) is 0. The highest BCUT2D eigenvalue weighted by atomic mass is 14.4. The Morgan fingerprint density at radius 1 is 0.126 bits per heavy atom. The summed E-state index contributed by atoms with van der Waals surface area (Å²) in [4.78, 5) is 0. The Labute approximate surface area is 694 Å². The molecule has 0 aliphatic heterocycles. The van der Waals surface area contributed by atoms with Crippen molar-refractivity contribution in [1.29, 1.82) is 0 Å². The summed E-state index contributed by atoms with van der Waals surface area (Å²) in [6.07, 6.45) is 0. The van der Waals surface area contributed by atoms with E-state index in [2.05, 4.69) is 463 Å². The van der Waals surface area contributed by atoms with Gasteiger partial charge >= 0.3 is 0 Å². The second kappa shape index (κ2) is 29.3. The minimum absolute atomic E-state index is 0.0666. The van der Waals surface area contributed by atoms with Gasteiger partial charge in [-0.15, -0.1) is 0 Å². The second-order valence-corrected chi connectivity index (χ2v) is 32.4. The van der Waals surface area contributed by atoms with Crippen LogP contribution in [0.25, 0.3) is 220 Å². The lowest BCUT2D eigenvalue weighted by Crippen LogP contribution is -2.14. The van der Waals surface area contributed by atoms with E-state index < -0.39 is 0 Å². The van der Waals surface area contributed by atoms with Crippen molar-refractivity contribution >= 4 is 86.2 Å². The van der Waals surface area contributed by atoms with Gasteiger partial charge in [-0.1, -0.05) is 438 Å². The van der Waals surface area contributed by atoms with Crippen LogP contribution < -0.4 is 0 Å². The fourth-order valence-electron chi connectivity index (χ4n) is 19.6. The molecule has 0 saturated carbocycles. The van der Waals surface area contributed by atoms with Gasteiger partial charge in [0.2, 0.25) is 0 Å². The molecule has 1 aliphatic carbocycles. The Balaban J connectivity index is 0.000000149. The van der Waals surface area contributed by atoms with Crippen LogP contribution in [-0.4, -0.2) is 0 Å². The predicted molar refractivity (Wildman–Crippen MR) is 510 cm³/mol. The summed E-state index contributed by atoms with van der Waals surface area (Å²) in [5, 5.41) is 20.2. The number of rotatable bonds is 11. The zero-order valence-electron chi connectivity index (χ0n) is 66.2. The van der Waals surface area contributed by atoms with Crippen LogP contribution in [0.3, 0.4) is 0 Å². The van der Waals surface area contributed by atoms with Crippen LogP contribution in [-0.2, 0) is 5.41 Å². The molecule has 1 aliphatic rings. The van der Waals surface area contributed by atoms with E-state index in [0.29, 0.717) is 0 Å². The van der Waals surface area contributed by atoms with E-state index in [9.17, 15) is 0 Å². The molecule has 0 fully saturated rings. The van der Waals surface area contributed by atoms with E-state index in [4.69, 9.17) is 0 Å². The molecule has 22 aromatic carbocycles. The van der Waals surface area contributed by atoms with Crippen molar-refractivity contribution in [2.45, 2.75) is 19.3 Å². The van der Waals surface area contributed by atoms with E-state index in [0.717, 1.165) is 0 Å². The summed E-state index contributed by atoms with van der Waals surface area (Å²) in [5.41, 5.74) is 32.6. The van der Waals surface area contributed by atoms with Crippen LogP contribution >= 0.6 is 0 Å². The molecule has 0 heteroatoms. The van der Waals surface area contributed by atoms with Gasteiger partial charge in [-0.3, -0.25) is 0 Å². The Hall–Kier alpha value is -15.1.